The molecule has 0 bridgehead atoms. The molecule has 0 aliphatic rings. The van der Waals surface area contributed by atoms with E-state index >= 15 is 0 Å². The number of pyridine rings is 1. The lowest BCUT2D eigenvalue weighted by Crippen LogP contribution is -2.07. The van der Waals surface area contributed by atoms with Crippen molar-refractivity contribution in [3.63, 3.8) is 0 Å². The van der Waals surface area contributed by atoms with Gasteiger partial charge in [0.1, 0.15) is 0 Å². The van der Waals surface area contributed by atoms with Gasteiger partial charge in [0, 0.05) is 22.9 Å². The first-order chi connectivity index (χ1) is 6.82. The van der Waals surface area contributed by atoms with Gasteiger partial charge in [-0.1, -0.05) is 0 Å². The van der Waals surface area contributed by atoms with Crippen LogP contribution < -0.4 is 4.74 Å². The molecular weight excluding hydrogens is 259 g/mol. The molecule has 0 amide bonds. The first-order valence-electron chi connectivity index (χ1n) is 3.36. The number of rotatable bonds is 3. The van der Waals surface area contributed by atoms with Gasteiger partial charge in [-0.15, -0.1) is 0 Å². The van der Waals surface area contributed by atoms with E-state index in [9.17, 15) is 21.6 Å². The van der Waals surface area contributed by atoms with Crippen LogP contribution in [0.25, 0.3) is 0 Å². The summed E-state index contributed by atoms with van der Waals surface area (Å²) in [6.07, 6.45) is 0.788. The Labute approximate surface area is 87.1 Å². The summed E-state index contributed by atoms with van der Waals surface area (Å²) in [4.78, 5) is 3.10. The van der Waals surface area contributed by atoms with Gasteiger partial charge in [-0.25, -0.2) is 13.4 Å². The highest BCUT2D eigenvalue weighted by Crippen LogP contribution is 2.25. The van der Waals surface area contributed by atoms with Crippen molar-refractivity contribution >= 4 is 19.7 Å². The SMILES string of the molecule is O=S(=O)(Cl)c1nccc(OC(F)F)c1F. The number of nitrogens with zero attached hydrogens (tertiary/aromatic N) is 1. The third-order valence-electron chi connectivity index (χ3n) is 1.27. The molecule has 15 heavy (non-hydrogen) atoms. The van der Waals surface area contributed by atoms with Crippen LogP contribution in [0, 0.1) is 5.82 Å². The van der Waals surface area contributed by atoms with E-state index in [2.05, 4.69) is 9.72 Å². The van der Waals surface area contributed by atoms with Crippen LogP contribution in [0.5, 0.6) is 5.75 Å². The van der Waals surface area contributed by atoms with Gasteiger partial charge in [0.15, 0.2) is 5.75 Å². The lowest BCUT2D eigenvalue weighted by molar-refractivity contribution is -0.0526. The molecule has 1 rings (SSSR count). The van der Waals surface area contributed by atoms with E-state index in [-0.39, 0.29) is 0 Å². The summed E-state index contributed by atoms with van der Waals surface area (Å²) < 4.78 is 61.8. The summed E-state index contributed by atoms with van der Waals surface area (Å²) >= 11 is 0. The van der Waals surface area contributed by atoms with Gasteiger partial charge in [-0.3, -0.25) is 0 Å². The van der Waals surface area contributed by atoms with Crippen molar-refractivity contribution in [1.82, 2.24) is 4.98 Å². The van der Waals surface area contributed by atoms with Crippen molar-refractivity contribution in [3.05, 3.63) is 18.1 Å². The van der Waals surface area contributed by atoms with E-state index < -0.39 is 32.3 Å². The quantitative estimate of drug-likeness (QED) is 0.778. The second-order valence-corrected chi connectivity index (χ2v) is 4.73. The van der Waals surface area contributed by atoms with E-state index in [4.69, 9.17) is 10.7 Å². The molecule has 1 aromatic rings. The average Bonchev–Trinajstić information content (AvgIpc) is 2.05. The van der Waals surface area contributed by atoms with Gasteiger partial charge < -0.3 is 4.74 Å². The summed E-state index contributed by atoms with van der Waals surface area (Å²) in [5, 5.41) is -1.15. The lowest BCUT2D eigenvalue weighted by Gasteiger charge is -2.06. The molecule has 0 saturated heterocycles. The van der Waals surface area contributed by atoms with Gasteiger partial charge in [-0.2, -0.15) is 13.2 Å². The van der Waals surface area contributed by atoms with Gasteiger partial charge in [0.05, 0.1) is 0 Å². The Morgan fingerprint density at radius 2 is 2.07 bits per heavy atom. The zero-order chi connectivity index (χ0) is 11.6. The molecule has 0 radical (unpaired) electrons. The maximum absolute atomic E-state index is 13.1. The van der Waals surface area contributed by atoms with Crippen molar-refractivity contribution in [3.8, 4) is 5.75 Å². The summed E-state index contributed by atoms with van der Waals surface area (Å²) in [5.74, 6) is -2.48. The number of alkyl halides is 2. The minimum atomic E-state index is -4.43. The van der Waals surface area contributed by atoms with Crippen LogP contribution in [-0.4, -0.2) is 20.0 Å². The van der Waals surface area contributed by atoms with Crippen LogP contribution in [0.3, 0.4) is 0 Å². The molecule has 1 heterocycles. The smallest absolute Gasteiger partial charge is 0.387 e. The second-order valence-electron chi connectivity index (χ2n) is 2.24. The highest BCUT2D eigenvalue weighted by atomic mass is 35.7. The highest BCUT2D eigenvalue weighted by molar-refractivity contribution is 8.13. The molecule has 0 spiro atoms. The Kier molecular flexibility index (Phi) is 3.40. The molecule has 0 N–H and O–H groups in total. The van der Waals surface area contributed by atoms with Crippen LogP contribution in [-0.2, 0) is 9.05 Å². The number of ether oxygens (including phenoxy) is 1. The first-order valence-corrected chi connectivity index (χ1v) is 5.67. The van der Waals surface area contributed by atoms with Gasteiger partial charge in [-0.05, 0) is 0 Å². The van der Waals surface area contributed by atoms with Crippen LogP contribution in [0.4, 0.5) is 13.2 Å². The van der Waals surface area contributed by atoms with Crippen molar-refractivity contribution < 1.29 is 26.3 Å². The molecule has 1 aromatic heterocycles. The molecule has 4 nitrogen and oxygen atoms in total. The van der Waals surface area contributed by atoms with Gasteiger partial charge in [0.25, 0.3) is 9.05 Å². The number of hydrogen-bond donors (Lipinski definition) is 0. The van der Waals surface area contributed by atoms with Gasteiger partial charge in [0.2, 0.25) is 10.8 Å². The summed E-state index contributed by atoms with van der Waals surface area (Å²) in [7, 11) is 0.368. The second kappa shape index (κ2) is 4.23. The fourth-order valence-corrected chi connectivity index (χ4v) is 1.59. The molecule has 0 aliphatic heterocycles. The average molecular weight is 262 g/mol. The Bertz CT molecular complexity index is 465. The topological polar surface area (TPSA) is 56.3 Å². The lowest BCUT2D eigenvalue weighted by atomic mass is 10.4. The number of halogens is 4. The monoisotopic (exact) mass is 261 g/mol. The molecule has 0 aromatic carbocycles. The Balaban J connectivity index is 3.24. The Morgan fingerprint density at radius 3 is 2.53 bits per heavy atom. The molecule has 0 aliphatic carbocycles. The number of hydrogen-bond acceptors (Lipinski definition) is 4. The molecule has 0 unspecified atom stereocenters. The molecule has 0 fully saturated rings. The third-order valence-corrected chi connectivity index (χ3v) is 2.45. The van der Waals surface area contributed by atoms with Crippen molar-refractivity contribution in [2.75, 3.05) is 0 Å². The van der Waals surface area contributed by atoms with Crippen LogP contribution in [0.1, 0.15) is 0 Å². The van der Waals surface area contributed by atoms with E-state index in [0.29, 0.717) is 0 Å². The highest BCUT2D eigenvalue weighted by Gasteiger charge is 2.22. The fraction of sp³-hybridized carbons (Fsp3) is 0.167. The fourth-order valence-electron chi connectivity index (χ4n) is 0.765. The van der Waals surface area contributed by atoms with Crippen molar-refractivity contribution in [2.24, 2.45) is 0 Å². The predicted octanol–water partition coefficient (Wildman–Crippen LogP) is 1.75. The molecule has 9 heteroatoms. The zero-order valence-corrected chi connectivity index (χ0v) is 8.40. The maximum atomic E-state index is 13.1. The number of aromatic nitrogens is 1. The van der Waals surface area contributed by atoms with Gasteiger partial charge >= 0.3 is 6.61 Å². The van der Waals surface area contributed by atoms with E-state index in [0.717, 1.165) is 12.3 Å². The Hall–Kier alpha value is -1.02. The van der Waals surface area contributed by atoms with Crippen LogP contribution in [0.15, 0.2) is 17.3 Å². The standard InChI is InChI=1S/C6H3ClF3NO3S/c7-15(12,13)5-4(8)3(1-2-11-5)14-6(9)10/h1-2,6H. The van der Waals surface area contributed by atoms with Crippen LogP contribution in [0.2, 0.25) is 0 Å². The largest absolute Gasteiger partial charge is 0.432 e. The Morgan fingerprint density at radius 1 is 1.47 bits per heavy atom. The van der Waals surface area contributed by atoms with E-state index in [1.54, 1.807) is 0 Å². The summed E-state index contributed by atoms with van der Waals surface area (Å²) in [6.45, 7) is -3.27. The normalized spacial score (nSPS) is 11.8. The first kappa shape index (κ1) is 12.1. The third kappa shape index (κ3) is 2.96. The summed E-state index contributed by atoms with van der Waals surface area (Å²) in [6, 6.07) is 0.757. The minimum Gasteiger partial charge on any atom is -0.432 e. The van der Waals surface area contributed by atoms with E-state index in [1.165, 1.54) is 0 Å². The van der Waals surface area contributed by atoms with Crippen molar-refractivity contribution in [1.29, 1.82) is 0 Å². The summed E-state index contributed by atoms with van der Waals surface area (Å²) in [5.41, 5.74) is 0. The van der Waals surface area contributed by atoms with Crippen LogP contribution >= 0.6 is 10.7 Å². The molecular formula is C6H3ClF3NO3S. The molecule has 0 saturated carbocycles. The predicted molar refractivity (Wildman–Crippen MR) is 43.9 cm³/mol. The minimum absolute atomic E-state index is 0.757. The zero-order valence-electron chi connectivity index (χ0n) is 6.82. The maximum Gasteiger partial charge on any atom is 0.387 e. The molecule has 0 atom stereocenters. The van der Waals surface area contributed by atoms with Crippen molar-refractivity contribution in [2.45, 2.75) is 11.6 Å². The molecule has 84 valence electrons. The van der Waals surface area contributed by atoms with E-state index in [1.807, 2.05) is 0 Å².